The van der Waals surface area contributed by atoms with E-state index in [0.717, 1.165) is 38.4 Å². The molecule has 0 amide bonds. The molecule has 0 aliphatic carbocycles. The van der Waals surface area contributed by atoms with E-state index in [1.807, 2.05) is 36.4 Å². The fraction of sp³-hybridized carbons (Fsp3) is 0.400. The summed E-state index contributed by atoms with van der Waals surface area (Å²) in [6, 6.07) is 9.89. The maximum absolute atomic E-state index is 11.7. The van der Waals surface area contributed by atoms with Crippen LogP contribution in [0.15, 0.2) is 36.4 Å². The van der Waals surface area contributed by atoms with Crippen LogP contribution in [0.25, 0.3) is 6.08 Å². The van der Waals surface area contributed by atoms with E-state index in [1.165, 1.54) is 0 Å². The molecule has 0 N–H and O–H groups in total. The van der Waals surface area contributed by atoms with Crippen molar-refractivity contribution in [1.29, 1.82) is 0 Å². The summed E-state index contributed by atoms with van der Waals surface area (Å²) >= 11 is 0. The predicted octanol–water partition coefficient (Wildman–Crippen LogP) is 1.99. The molecule has 18 heavy (non-hydrogen) atoms. The molecule has 2 rings (SSSR count). The molecule has 0 aromatic heterocycles. The smallest absolute Gasteiger partial charge is 0.156 e. The van der Waals surface area contributed by atoms with Gasteiger partial charge in [0.2, 0.25) is 0 Å². The Hall–Kier alpha value is -1.45. The van der Waals surface area contributed by atoms with Crippen molar-refractivity contribution in [3.05, 3.63) is 42.0 Å². The summed E-state index contributed by atoms with van der Waals surface area (Å²) in [5.41, 5.74) is 1.07. The number of hydrogen-bond acceptors (Lipinski definition) is 3. The Morgan fingerprint density at radius 2 is 1.94 bits per heavy atom. The number of carbonyl (C=O) groups is 1. The molecule has 1 aliphatic heterocycles. The molecular weight excluding hydrogens is 226 g/mol. The van der Waals surface area contributed by atoms with Crippen LogP contribution in [0.2, 0.25) is 0 Å². The number of hydrogen-bond donors (Lipinski definition) is 0. The van der Waals surface area contributed by atoms with Crippen LogP contribution >= 0.6 is 0 Å². The van der Waals surface area contributed by atoms with Gasteiger partial charge in [0.1, 0.15) is 0 Å². The Morgan fingerprint density at radius 3 is 2.67 bits per heavy atom. The summed E-state index contributed by atoms with van der Waals surface area (Å²) in [6.07, 6.45) is 4.14. The third-order valence-electron chi connectivity index (χ3n) is 3.04. The first-order chi connectivity index (χ1) is 8.84. The van der Waals surface area contributed by atoms with Crippen molar-refractivity contribution >= 4 is 11.9 Å². The third-order valence-corrected chi connectivity index (χ3v) is 3.04. The van der Waals surface area contributed by atoms with E-state index in [4.69, 9.17) is 4.74 Å². The molecule has 1 saturated heterocycles. The van der Waals surface area contributed by atoms with Crippen LogP contribution in [0.4, 0.5) is 0 Å². The summed E-state index contributed by atoms with van der Waals surface area (Å²) < 4.78 is 5.27. The normalized spacial score (nSPS) is 17.1. The minimum atomic E-state index is 0.186. The maximum Gasteiger partial charge on any atom is 0.156 e. The van der Waals surface area contributed by atoms with Crippen molar-refractivity contribution in [2.45, 2.75) is 6.42 Å². The molecule has 0 saturated carbocycles. The first-order valence-electron chi connectivity index (χ1n) is 6.41. The highest BCUT2D eigenvalue weighted by molar-refractivity contribution is 5.93. The van der Waals surface area contributed by atoms with Gasteiger partial charge in [-0.3, -0.25) is 9.69 Å². The van der Waals surface area contributed by atoms with Crippen LogP contribution in [0.1, 0.15) is 12.0 Å². The average Bonchev–Trinajstić information content (AvgIpc) is 2.45. The molecule has 3 nitrogen and oxygen atoms in total. The molecule has 1 aliphatic rings. The van der Waals surface area contributed by atoms with Gasteiger partial charge in [-0.05, 0) is 11.6 Å². The molecule has 1 heterocycles. The van der Waals surface area contributed by atoms with E-state index in [0.29, 0.717) is 6.42 Å². The van der Waals surface area contributed by atoms with Crippen molar-refractivity contribution in [2.75, 3.05) is 32.8 Å². The van der Waals surface area contributed by atoms with Crippen molar-refractivity contribution in [1.82, 2.24) is 4.90 Å². The highest BCUT2D eigenvalue weighted by atomic mass is 16.5. The van der Waals surface area contributed by atoms with E-state index < -0.39 is 0 Å². The summed E-state index contributed by atoms with van der Waals surface area (Å²) in [6.45, 7) is 4.29. The van der Waals surface area contributed by atoms with Gasteiger partial charge in [-0.1, -0.05) is 36.4 Å². The van der Waals surface area contributed by atoms with Crippen molar-refractivity contribution in [3.8, 4) is 0 Å². The summed E-state index contributed by atoms with van der Waals surface area (Å²) in [7, 11) is 0. The topological polar surface area (TPSA) is 29.5 Å². The first-order valence-corrected chi connectivity index (χ1v) is 6.41. The molecule has 0 radical (unpaired) electrons. The number of allylic oxidation sites excluding steroid dienone is 1. The summed E-state index contributed by atoms with van der Waals surface area (Å²) in [5, 5.41) is 0. The third kappa shape index (κ3) is 4.43. The van der Waals surface area contributed by atoms with Crippen LogP contribution in [-0.2, 0) is 9.53 Å². The van der Waals surface area contributed by atoms with Gasteiger partial charge in [-0.15, -0.1) is 0 Å². The molecule has 1 aromatic carbocycles. The minimum Gasteiger partial charge on any atom is -0.379 e. The van der Waals surface area contributed by atoms with Gasteiger partial charge in [0.25, 0.3) is 0 Å². The number of carbonyl (C=O) groups excluding carboxylic acids is 1. The fourth-order valence-corrected chi connectivity index (χ4v) is 1.93. The van der Waals surface area contributed by atoms with E-state index in [1.54, 1.807) is 6.08 Å². The van der Waals surface area contributed by atoms with Gasteiger partial charge in [0, 0.05) is 26.1 Å². The second kappa shape index (κ2) is 7.09. The van der Waals surface area contributed by atoms with E-state index >= 15 is 0 Å². The highest BCUT2D eigenvalue weighted by Crippen LogP contribution is 2.03. The van der Waals surface area contributed by atoms with Gasteiger partial charge in [0.05, 0.1) is 13.2 Å². The fourth-order valence-electron chi connectivity index (χ4n) is 1.93. The maximum atomic E-state index is 11.7. The van der Waals surface area contributed by atoms with E-state index in [-0.39, 0.29) is 5.78 Å². The number of morpholine rings is 1. The zero-order valence-electron chi connectivity index (χ0n) is 10.5. The van der Waals surface area contributed by atoms with Crippen LogP contribution < -0.4 is 0 Å². The van der Waals surface area contributed by atoms with Gasteiger partial charge >= 0.3 is 0 Å². The van der Waals surface area contributed by atoms with Gasteiger partial charge in [-0.25, -0.2) is 0 Å². The number of rotatable bonds is 5. The zero-order valence-corrected chi connectivity index (χ0v) is 10.5. The molecule has 0 bridgehead atoms. The Morgan fingerprint density at radius 1 is 1.22 bits per heavy atom. The Balaban J connectivity index is 1.73. The lowest BCUT2D eigenvalue weighted by atomic mass is 10.1. The lowest BCUT2D eigenvalue weighted by Crippen LogP contribution is -2.37. The van der Waals surface area contributed by atoms with Crippen molar-refractivity contribution in [3.63, 3.8) is 0 Å². The number of ketones is 1. The lowest BCUT2D eigenvalue weighted by Gasteiger charge is -2.25. The number of ether oxygens (including phenoxy) is 1. The van der Waals surface area contributed by atoms with Crippen LogP contribution in [0.5, 0.6) is 0 Å². The average molecular weight is 245 g/mol. The molecule has 0 unspecified atom stereocenters. The molecule has 3 heteroatoms. The SMILES string of the molecule is O=C(/C=C\c1ccccc1)CCN1CCOCC1. The first kappa shape index (κ1) is 13.0. The Bertz CT molecular complexity index is 394. The van der Waals surface area contributed by atoms with Crippen molar-refractivity contribution in [2.24, 2.45) is 0 Å². The van der Waals surface area contributed by atoms with Gasteiger partial charge < -0.3 is 4.74 Å². The number of nitrogens with zero attached hydrogens (tertiary/aromatic N) is 1. The quantitative estimate of drug-likeness (QED) is 0.743. The summed E-state index contributed by atoms with van der Waals surface area (Å²) in [5.74, 6) is 0.186. The molecule has 0 spiro atoms. The standard InChI is InChI=1S/C15H19NO2/c17-15(7-6-14-4-2-1-3-5-14)8-9-16-10-12-18-13-11-16/h1-7H,8-13H2/b7-6-. The zero-order chi connectivity index (χ0) is 12.6. The highest BCUT2D eigenvalue weighted by Gasteiger charge is 2.10. The molecule has 96 valence electrons. The van der Waals surface area contributed by atoms with E-state index in [2.05, 4.69) is 4.90 Å². The van der Waals surface area contributed by atoms with Gasteiger partial charge in [-0.2, -0.15) is 0 Å². The van der Waals surface area contributed by atoms with Crippen LogP contribution in [-0.4, -0.2) is 43.5 Å². The monoisotopic (exact) mass is 245 g/mol. The minimum absolute atomic E-state index is 0.186. The Labute approximate surface area is 108 Å². The van der Waals surface area contributed by atoms with Crippen molar-refractivity contribution < 1.29 is 9.53 Å². The molecular formula is C15H19NO2. The number of benzene rings is 1. The Kier molecular flexibility index (Phi) is 5.12. The molecule has 1 aromatic rings. The van der Waals surface area contributed by atoms with Gasteiger partial charge in [0.15, 0.2) is 5.78 Å². The van der Waals surface area contributed by atoms with Crippen LogP contribution in [0, 0.1) is 0 Å². The molecule has 1 fully saturated rings. The second-order valence-electron chi connectivity index (χ2n) is 4.41. The predicted molar refractivity (Wildman–Crippen MR) is 72.4 cm³/mol. The molecule has 0 atom stereocenters. The van der Waals surface area contributed by atoms with Crippen LogP contribution in [0.3, 0.4) is 0 Å². The largest absolute Gasteiger partial charge is 0.379 e. The second-order valence-corrected chi connectivity index (χ2v) is 4.41. The van der Waals surface area contributed by atoms with E-state index in [9.17, 15) is 4.79 Å². The lowest BCUT2D eigenvalue weighted by molar-refractivity contribution is -0.115. The summed E-state index contributed by atoms with van der Waals surface area (Å²) in [4.78, 5) is 14.0.